The molecule has 0 aromatic carbocycles. The first-order valence-corrected chi connectivity index (χ1v) is 3.65. The van der Waals surface area contributed by atoms with E-state index in [4.69, 9.17) is 5.84 Å². The molecule has 3 N–H and O–H groups in total. The molecule has 0 spiro atoms. The lowest BCUT2D eigenvalue weighted by molar-refractivity contribution is 0.645. The van der Waals surface area contributed by atoms with Crippen LogP contribution in [0.4, 0.5) is 0 Å². The van der Waals surface area contributed by atoms with E-state index < -0.39 is 0 Å². The number of aromatic nitrogens is 2. The highest BCUT2D eigenvalue weighted by molar-refractivity contribution is 9.10. The van der Waals surface area contributed by atoms with Crippen molar-refractivity contribution in [3.8, 4) is 0 Å². The normalized spacial score (nSPS) is 10.3. The number of hydrogen-bond acceptors (Lipinski definition) is 3. The van der Waals surface area contributed by atoms with Crippen molar-refractivity contribution in [3.05, 3.63) is 16.4 Å². The smallest absolute Gasteiger partial charge is 0.128 e. The Morgan fingerprint density at radius 2 is 2.60 bits per heavy atom. The fourth-order valence-corrected chi connectivity index (χ4v) is 1.24. The van der Waals surface area contributed by atoms with Crippen molar-refractivity contribution in [3.63, 3.8) is 0 Å². The molecule has 0 aliphatic rings. The topological polar surface area (TPSA) is 55.9 Å². The Labute approximate surface area is 67.5 Å². The monoisotopic (exact) mass is 204 g/mol. The van der Waals surface area contributed by atoms with Crippen molar-refractivity contribution in [2.75, 3.05) is 0 Å². The van der Waals surface area contributed by atoms with Gasteiger partial charge in [0.25, 0.3) is 0 Å². The Bertz CT molecular complexity index is 219. The van der Waals surface area contributed by atoms with Crippen LogP contribution in [0, 0.1) is 0 Å². The number of hydrogen-bond donors (Lipinski definition) is 2. The van der Waals surface area contributed by atoms with Crippen molar-refractivity contribution < 1.29 is 0 Å². The fraction of sp³-hybridized carbons (Fsp3) is 0.400. The first-order chi connectivity index (χ1) is 4.74. The van der Waals surface area contributed by atoms with Crippen molar-refractivity contribution in [1.82, 2.24) is 15.2 Å². The van der Waals surface area contributed by atoms with Gasteiger partial charge >= 0.3 is 0 Å². The zero-order valence-electron chi connectivity index (χ0n) is 5.63. The van der Waals surface area contributed by atoms with Gasteiger partial charge in [-0.3, -0.25) is 16.0 Å². The van der Waals surface area contributed by atoms with E-state index in [1.807, 2.05) is 13.1 Å². The number of nitrogens with one attached hydrogen (secondary N) is 1. The molecule has 1 aromatic heterocycles. The summed E-state index contributed by atoms with van der Waals surface area (Å²) in [5.74, 6) is 5.13. The number of nitrogens with zero attached hydrogens (tertiary/aromatic N) is 2. The lowest BCUT2D eigenvalue weighted by Crippen LogP contribution is -2.22. The van der Waals surface area contributed by atoms with Crippen LogP contribution in [0.15, 0.2) is 10.7 Å². The van der Waals surface area contributed by atoms with Gasteiger partial charge in [-0.2, -0.15) is 5.10 Å². The van der Waals surface area contributed by atoms with E-state index in [9.17, 15) is 0 Å². The third kappa shape index (κ3) is 1.56. The molecule has 0 aliphatic heterocycles. The van der Waals surface area contributed by atoms with Crippen LogP contribution in [0.2, 0.25) is 0 Å². The van der Waals surface area contributed by atoms with Crippen LogP contribution in [-0.2, 0) is 13.6 Å². The van der Waals surface area contributed by atoms with Gasteiger partial charge in [0.2, 0.25) is 0 Å². The van der Waals surface area contributed by atoms with Crippen LogP contribution in [-0.4, -0.2) is 9.78 Å². The maximum Gasteiger partial charge on any atom is 0.128 e. The first kappa shape index (κ1) is 7.71. The molecule has 1 heterocycles. The third-order valence-electron chi connectivity index (χ3n) is 1.23. The molecule has 1 aromatic rings. The molecule has 56 valence electrons. The molecule has 0 amide bonds. The minimum atomic E-state index is 0.634. The van der Waals surface area contributed by atoms with Crippen molar-refractivity contribution in [2.24, 2.45) is 12.9 Å². The molecule has 0 radical (unpaired) electrons. The van der Waals surface area contributed by atoms with Gasteiger partial charge in [0.05, 0.1) is 12.2 Å². The van der Waals surface area contributed by atoms with E-state index in [-0.39, 0.29) is 0 Å². The lowest BCUT2D eigenvalue weighted by Gasteiger charge is -1.97. The predicted octanol–water partition coefficient (Wildman–Crippen LogP) is 0.146. The Balaban J connectivity index is 2.81. The number of halogens is 1. The zero-order chi connectivity index (χ0) is 7.56. The summed E-state index contributed by atoms with van der Waals surface area (Å²) in [6.07, 6.45) is 0. The molecule has 0 aliphatic carbocycles. The number of nitrogens with two attached hydrogens (primary N) is 1. The molecule has 0 atom stereocenters. The summed E-state index contributed by atoms with van der Waals surface area (Å²) in [4.78, 5) is 0. The van der Waals surface area contributed by atoms with Gasteiger partial charge in [0.15, 0.2) is 0 Å². The second kappa shape index (κ2) is 3.14. The van der Waals surface area contributed by atoms with Gasteiger partial charge in [0.1, 0.15) is 4.60 Å². The molecule has 5 heteroatoms. The molecule has 0 bridgehead atoms. The quantitative estimate of drug-likeness (QED) is 0.533. The summed E-state index contributed by atoms with van der Waals surface area (Å²) < 4.78 is 2.60. The van der Waals surface area contributed by atoms with E-state index >= 15 is 0 Å². The van der Waals surface area contributed by atoms with Gasteiger partial charge in [-0.15, -0.1) is 0 Å². The first-order valence-electron chi connectivity index (χ1n) is 2.86. The highest BCUT2D eigenvalue weighted by Crippen LogP contribution is 2.08. The van der Waals surface area contributed by atoms with Crippen molar-refractivity contribution in [1.29, 1.82) is 0 Å². The maximum atomic E-state index is 5.13. The Morgan fingerprint density at radius 1 is 1.90 bits per heavy atom. The van der Waals surface area contributed by atoms with Gasteiger partial charge in [-0.25, -0.2) is 0 Å². The molecule has 0 fully saturated rings. The molecular formula is C5H9BrN4. The fourth-order valence-electron chi connectivity index (χ4n) is 0.737. The van der Waals surface area contributed by atoms with Crippen LogP contribution in [0.5, 0.6) is 0 Å². The van der Waals surface area contributed by atoms with E-state index in [2.05, 4.69) is 26.5 Å². The van der Waals surface area contributed by atoms with Crippen LogP contribution in [0.25, 0.3) is 0 Å². The van der Waals surface area contributed by atoms with Crippen molar-refractivity contribution >= 4 is 15.9 Å². The summed E-state index contributed by atoms with van der Waals surface area (Å²) >= 11 is 3.25. The molecule has 0 unspecified atom stereocenters. The molecule has 0 saturated carbocycles. The van der Waals surface area contributed by atoms with Gasteiger partial charge < -0.3 is 0 Å². The molecule has 4 nitrogen and oxygen atoms in total. The number of rotatable bonds is 2. The summed E-state index contributed by atoms with van der Waals surface area (Å²) in [6.45, 7) is 0.634. The average molecular weight is 205 g/mol. The van der Waals surface area contributed by atoms with Gasteiger partial charge in [-0.1, -0.05) is 0 Å². The third-order valence-corrected chi connectivity index (χ3v) is 1.62. The molecule has 0 saturated heterocycles. The average Bonchev–Trinajstić information content (AvgIpc) is 2.13. The Kier molecular flexibility index (Phi) is 2.42. The van der Waals surface area contributed by atoms with E-state index in [0.717, 1.165) is 10.3 Å². The number of hydrazine groups is 1. The predicted molar refractivity (Wildman–Crippen MR) is 41.9 cm³/mol. The summed E-state index contributed by atoms with van der Waals surface area (Å²) in [6, 6.07) is 1.92. The largest absolute Gasteiger partial charge is 0.271 e. The zero-order valence-corrected chi connectivity index (χ0v) is 7.22. The van der Waals surface area contributed by atoms with Crippen LogP contribution in [0.3, 0.4) is 0 Å². The van der Waals surface area contributed by atoms with E-state index in [1.54, 1.807) is 4.68 Å². The Morgan fingerprint density at radius 3 is 3.00 bits per heavy atom. The van der Waals surface area contributed by atoms with Gasteiger partial charge in [0, 0.05) is 7.05 Å². The second-order valence-electron chi connectivity index (χ2n) is 1.96. The van der Waals surface area contributed by atoms with Crippen molar-refractivity contribution in [2.45, 2.75) is 6.54 Å². The minimum absolute atomic E-state index is 0.634. The minimum Gasteiger partial charge on any atom is -0.271 e. The summed E-state index contributed by atoms with van der Waals surface area (Å²) in [7, 11) is 1.87. The van der Waals surface area contributed by atoms with E-state index in [1.165, 1.54) is 0 Å². The summed E-state index contributed by atoms with van der Waals surface area (Å²) in [5.41, 5.74) is 3.61. The summed E-state index contributed by atoms with van der Waals surface area (Å²) in [5, 5.41) is 4.07. The van der Waals surface area contributed by atoms with Crippen LogP contribution >= 0.6 is 15.9 Å². The molecule has 10 heavy (non-hydrogen) atoms. The maximum absolute atomic E-state index is 5.13. The standard InChI is InChI=1S/C5H9BrN4/c1-10-4(3-8-7)2-5(6)9-10/h2,8H,3,7H2,1H3. The Hall–Kier alpha value is -0.390. The highest BCUT2D eigenvalue weighted by Gasteiger charge is 1.99. The van der Waals surface area contributed by atoms with Crippen LogP contribution in [0.1, 0.15) is 5.69 Å². The van der Waals surface area contributed by atoms with Gasteiger partial charge in [-0.05, 0) is 22.0 Å². The molecule has 1 rings (SSSR count). The highest BCUT2D eigenvalue weighted by atomic mass is 79.9. The number of aryl methyl sites for hydroxylation is 1. The molecular weight excluding hydrogens is 196 g/mol. The second-order valence-corrected chi connectivity index (χ2v) is 2.78. The lowest BCUT2D eigenvalue weighted by atomic mass is 10.4. The SMILES string of the molecule is Cn1nc(Br)cc1CNN. The van der Waals surface area contributed by atoms with Crippen LogP contribution < -0.4 is 11.3 Å². The van der Waals surface area contributed by atoms with E-state index in [0.29, 0.717) is 6.54 Å².